The van der Waals surface area contributed by atoms with E-state index in [4.69, 9.17) is 0 Å². The molecule has 1 aliphatic heterocycles. The summed E-state index contributed by atoms with van der Waals surface area (Å²) in [6, 6.07) is 12.7. The third-order valence-electron chi connectivity index (χ3n) is 4.95. The highest BCUT2D eigenvalue weighted by atomic mass is 35.5. The van der Waals surface area contributed by atoms with Crippen LogP contribution < -0.4 is 15.5 Å². The lowest BCUT2D eigenvalue weighted by atomic mass is 9.94. The molecule has 1 aliphatic rings. The molecule has 0 saturated carbocycles. The molecule has 0 saturated heterocycles. The van der Waals surface area contributed by atoms with Crippen LogP contribution >= 0.6 is 24.8 Å². The fourth-order valence-electron chi connectivity index (χ4n) is 3.55. The second kappa shape index (κ2) is 11.2. The molecule has 3 rings (SSSR count). The number of anilines is 1. The SMILES string of the molecule is CCN(c1ccc(C(=O)NCC2NCCc3ccccc32)cn1)C(C)C.Cl.Cl. The van der Waals surface area contributed by atoms with Crippen LogP contribution in [0.15, 0.2) is 42.6 Å². The highest BCUT2D eigenvalue weighted by molar-refractivity contribution is 5.94. The Labute approximate surface area is 180 Å². The normalized spacial score (nSPS) is 15.1. The van der Waals surface area contributed by atoms with Gasteiger partial charge in [0.15, 0.2) is 0 Å². The van der Waals surface area contributed by atoms with Crippen LogP contribution in [0.25, 0.3) is 0 Å². The first kappa shape index (κ1) is 24.2. The number of fused-ring (bicyclic) bond motifs is 1. The summed E-state index contributed by atoms with van der Waals surface area (Å²) in [7, 11) is 0. The van der Waals surface area contributed by atoms with Crippen molar-refractivity contribution in [1.29, 1.82) is 0 Å². The number of aromatic nitrogens is 1. The Kier molecular flexibility index (Phi) is 9.73. The average Bonchev–Trinajstić information content (AvgIpc) is 2.67. The number of pyridine rings is 1. The van der Waals surface area contributed by atoms with E-state index in [0.29, 0.717) is 18.2 Å². The van der Waals surface area contributed by atoms with Gasteiger partial charge in [-0.2, -0.15) is 0 Å². The van der Waals surface area contributed by atoms with Crippen LogP contribution in [0.5, 0.6) is 0 Å². The number of carbonyl (C=O) groups excluding carboxylic acids is 1. The minimum absolute atomic E-state index is 0. The maximum absolute atomic E-state index is 12.5. The average molecular weight is 425 g/mol. The van der Waals surface area contributed by atoms with E-state index in [-0.39, 0.29) is 36.8 Å². The van der Waals surface area contributed by atoms with Crippen molar-refractivity contribution in [2.24, 2.45) is 0 Å². The zero-order valence-corrected chi connectivity index (χ0v) is 18.3. The quantitative estimate of drug-likeness (QED) is 0.740. The molecular formula is C21H30Cl2N4O. The van der Waals surface area contributed by atoms with Crippen molar-refractivity contribution in [2.75, 3.05) is 24.5 Å². The van der Waals surface area contributed by atoms with Gasteiger partial charge in [-0.25, -0.2) is 4.98 Å². The fourth-order valence-corrected chi connectivity index (χ4v) is 3.55. The van der Waals surface area contributed by atoms with E-state index in [1.165, 1.54) is 11.1 Å². The second-order valence-electron chi connectivity index (χ2n) is 6.95. The molecule has 2 heterocycles. The number of nitrogens with one attached hydrogen (secondary N) is 2. The maximum Gasteiger partial charge on any atom is 0.252 e. The first-order valence-electron chi connectivity index (χ1n) is 9.42. The van der Waals surface area contributed by atoms with Crippen LogP contribution in [0.4, 0.5) is 5.82 Å². The fraction of sp³-hybridized carbons (Fsp3) is 0.429. The number of carbonyl (C=O) groups is 1. The van der Waals surface area contributed by atoms with Crippen LogP contribution in [-0.2, 0) is 6.42 Å². The smallest absolute Gasteiger partial charge is 0.252 e. The van der Waals surface area contributed by atoms with Gasteiger partial charge >= 0.3 is 0 Å². The van der Waals surface area contributed by atoms with Crippen molar-refractivity contribution < 1.29 is 4.79 Å². The zero-order valence-electron chi connectivity index (χ0n) is 16.6. The van der Waals surface area contributed by atoms with E-state index in [0.717, 1.165) is 25.3 Å². The van der Waals surface area contributed by atoms with Crippen molar-refractivity contribution >= 4 is 36.5 Å². The summed E-state index contributed by atoms with van der Waals surface area (Å²) in [5, 5.41) is 6.53. The van der Waals surface area contributed by atoms with Crippen molar-refractivity contribution in [1.82, 2.24) is 15.6 Å². The second-order valence-corrected chi connectivity index (χ2v) is 6.95. The summed E-state index contributed by atoms with van der Waals surface area (Å²) in [5.74, 6) is 0.823. The third kappa shape index (κ3) is 5.60. The number of benzene rings is 1. The highest BCUT2D eigenvalue weighted by Crippen LogP contribution is 2.22. The molecule has 7 heteroatoms. The van der Waals surface area contributed by atoms with Gasteiger partial charge in [-0.05, 0) is 57.0 Å². The molecule has 1 unspecified atom stereocenters. The lowest BCUT2D eigenvalue weighted by molar-refractivity contribution is 0.0949. The summed E-state index contributed by atoms with van der Waals surface area (Å²) in [4.78, 5) is 19.2. The summed E-state index contributed by atoms with van der Waals surface area (Å²) < 4.78 is 0. The summed E-state index contributed by atoms with van der Waals surface area (Å²) in [6.45, 7) is 8.79. The number of amides is 1. The van der Waals surface area contributed by atoms with Gasteiger partial charge in [0.25, 0.3) is 5.91 Å². The molecule has 154 valence electrons. The van der Waals surface area contributed by atoms with E-state index in [1.54, 1.807) is 6.20 Å². The van der Waals surface area contributed by atoms with E-state index in [9.17, 15) is 4.79 Å². The van der Waals surface area contributed by atoms with Gasteiger partial charge in [0, 0.05) is 31.4 Å². The number of nitrogens with zero attached hydrogens (tertiary/aromatic N) is 2. The predicted octanol–water partition coefficient (Wildman–Crippen LogP) is 3.78. The standard InChI is InChI=1S/C21H28N4O.2ClH/c1-4-25(15(2)3)20-10-9-17(13-23-20)21(26)24-14-19-18-8-6-5-7-16(18)11-12-22-19;;/h5-10,13,15,19,22H,4,11-12,14H2,1-3H3,(H,24,26);2*1H. The largest absolute Gasteiger partial charge is 0.354 e. The topological polar surface area (TPSA) is 57.3 Å². The summed E-state index contributed by atoms with van der Waals surface area (Å²) in [6.07, 6.45) is 2.70. The molecular weight excluding hydrogens is 395 g/mol. The molecule has 1 amide bonds. The van der Waals surface area contributed by atoms with E-state index < -0.39 is 0 Å². The molecule has 0 aliphatic carbocycles. The minimum Gasteiger partial charge on any atom is -0.354 e. The Hall–Kier alpha value is -1.82. The van der Waals surface area contributed by atoms with Gasteiger partial charge in [0.05, 0.1) is 5.56 Å². The molecule has 0 bridgehead atoms. The summed E-state index contributed by atoms with van der Waals surface area (Å²) in [5.41, 5.74) is 3.24. The molecule has 1 atom stereocenters. The molecule has 2 N–H and O–H groups in total. The maximum atomic E-state index is 12.5. The van der Waals surface area contributed by atoms with Crippen molar-refractivity contribution in [2.45, 2.75) is 39.3 Å². The van der Waals surface area contributed by atoms with Gasteiger partial charge in [-0.1, -0.05) is 24.3 Å². The first-order valence-corrected chi connectivity index (χ1v) is 9.42. The monoisotopic (exact) mass is 424 g/mol. The van der Waals surface area contributed by atoms with Crippen molar-refractivity contribution in [3.63, 3.8) is 0 Å². The lowest BCUT2D eigenvalue weighted by Crippen LogP contribution is -2.38. The molecule has 5 nitrogen and oxygen atoms in total. The van der Waals surface area contributed by atoms with E-state index >= 15 is 0 Å². The Morgan fingerprint density at radius 2 is 2.00 bits per heavy atom. The van der Waals surface area contributed by atoms with Crippen LogP contribution in [0.2, 0.25) is 0 Å². The molecule has 1 aromatic carbocycles. The third-order valence-corrected chi connectivity index (χ3v) is 4.95. The summed E-state index contributed by atoms with van der Waals surface area (Å²) >= 11 is 0. The highest BCUT2D eigenvalue weighted by Gasteiger charge is 2.20. The number of rotatable bonds is 6. The molecule has 28 heavy (non-hydrogen) atoms. The van der Waals surface area contributed by atoms with Crippen molar-refractivity contribution in [3.8, 4) is 0 Å². The van der Waals surface area contributed by atoms with E-state index in [2.05, 4.69) is 65.6 Å². The van der Waals surface area contributed by atoms with Gasteiger partial charge in [0.2, 0.25) is 0 Å². The van der Waals surface area contributed by atoms with Crippen LogP contribution in [-0.4, -0.2) is 36.6 Å². The Balaban J connectivity index is 0.00000196. The Morgan fingerprint density at radius 3 is 2.64 bits per heavy atom. The van der Waals surface area contributed by atoms with Crippen molar-refractivity contribution in [3.05, 3.63) is 59.3 Å². The zero-order chi connectivity index (χ0) is 18.5. The molecule has 0 spiro atoms. The van der Waals surface area contributed by atoms with Crippen LogP contribution in [0.1, 0.15) is 48.3 Å². The lowest BCUT2D eigenvalue weighted by Gasteiger charge is -2.27. The van der Waals surface area contributed by atoms with Gasteiger partial charge in [0.1, 0.15) is 5.82 Å². The Bertz CT molecular complexity index is 752. The number of hydrogen-bond donors (Lipinski definition) is 2. The first-order chi connectivity index (χ1) is 12.6. The van der Waals surface area contributed by atoms with Crippen LogP contribution in [0, 0.1) is 0 Å². The van der Waals surface area contributed by atoms with E-state index in [1.807, 2.05) is 12.1 Å². The Morgan fingerprint density at radius 1 is 1.25 bits per heavy atom. The van der Waals surface area contributed by atoms with Gasteiger partial charge < -0.3 is 15.5 Å². The number of halogens is 2. The molecule has 2 aromatic rings. The molecule has 1 aromatic heterocycles. The molecule has 0 radical (unpaired) electrons. The molecule has 0 fully saturated rings. The number of hydrogen-bond acceptors (Lipinski definition) is 4. The van der Waals surface area contributed by atoms with Gasteiger partial charge in [-0.3, -0.25) is 4.79 Å². The van der Waals surface area contributed by atoms with Crippen LogP contribution in [0.3, 0.4) is 0 Å². The predicted molar refractivity (Wildman–Crippen MR) is 120 cm³/mol. The van der Waals surface area contributed by atoms with Gasteiger partial charge in [-0.15, -0.1) is 24.8 Å². The minimum atomic E-state index is -0.0819.